The summed E-state index contributed by atoms with van der Waals surface area (Å²) in [7, 11) is 1.31. The first-order valence-electron chi connectivity index (χ1n) is 8.56. The van der Waals surface area contributed by atoms with Crippen molar-refractivity contribution >= 4 is 17.8 Å². The number of amides is 1. The van der Waals surface area contributed by atoms with E-state index in [1.165, 1.54) is 7.11 Å². The summed E-state index contributed by atoms with van der Waals surface area (Å²) in [6.07, 6.45) is -0.923. The lowest BCUT2D eigenvalue weighted by atomic mass is 10.1. The molecule has 3 rings (SSSR count). The molecule has 1 amide bonds. The Labute approximate surface area is 161 Å². The van der Waals surface area contributed by atoms with Crippen LogP contribution in [0.1, 0.15) is 15.9 Å². The minimum atomic E-state index is -0.923. The number of methoxy groups -OCH3 is 1. The topological polar surface area (TPSA) is 100 Å². The molecule has 2 aromatic carbocycles. The number of hydrogen-bond acceptors (Lipinski definition) is 7. The fourth-order valence-corrected chi connectivity index (χ4v) is 2.49. The molecule has 1 atom stereocenters. The summed E-state index contributed by atoms with van der Waals surface area (Å²) in [6, 6.07) is 13.6. The van der Waals surface area contributed by atoms with Gasteiger partial charge in [0, 0.05) is 6.54 Å². The first-order chi connectivity index (χ1) is 13.6. The lowest BCUT2D eigenvalue weighted by Crippen LogP contribution is -2.39. The van der Waals surface area contributed by atoms with Gasteiger partial charge in [0.05, 0.1) is 12.7 Å². The molecule has 1 heterocycles. The van der Waals surface area contributed by atoms with Gasteiger partial charge in [0.15, 0.2) is 18.1 Å². The van der Waals surface area contributed by atoms with Crippen molar-refractivity contribution < 1.29 is 33.3 Å². The summed E-state index contributed by atoms with van der Waals surface area (Å²) < 4.78 is 20.6. The molecule has 0 radical (unpaired) electrons. The van der Waals surface area contributed by atoms with Gasteiger partial charge in [-0.1, -0.05) is 24.3 Å². The second-order valence-corrected chi connectivity index (χ2v) is 5.94. The molecule has 28 heavy (non-hydrogen) atoms. The van der Waals surface area contributed by atoms with Crippen molar-refractivity contribution in [2.75, 3.05) is 20.3 Å². The van der Waals surface area contributed by atoms with Crippen molar-refractivity contribution in [2.45, 2.75) is 12.6 Å². The van der Waals surface area contributed by atoms with Crippen molar-refractivity contribution in [3.05, 3.63) is 59.7 Å². The van der Waals surface area contributed by atoms with Crippen LogP contribution < -0.4 is 14.8 Å². The zero-order valence-electron chi connectivity index (χ0n) is 15.2. The summed E-state index contributed by atoms with van der Waals surface area (Å²) in [5.74, 6) is -0.549. The van der Waals surface area contributed by atoms with Gasteiger partial charge in [0.25, 0.3) is 5.91 Å². The Kier molecular flexibility index (Phi) is 6.11. The summed E-state index contributed by atoms with van der Waals surface area (Å²) >= 11 is 0. The normalized spacial score (nSPS) is 14.7. The second-order valence-electron chi connectivity index (χ2n) is 5.94. The van der Waals surface area contributed by atoms with Crippen LogP contribution in [0.4, 0.5) is 0 Å². The molecule has 0 aliphatic carbocycles. The van der Waals surface area contributed by atoms with E-state index in [0.717, 1.165) is 5.56 Å². The largest absolute Gasteiger partial charge is 0.485 e. The third kappa shape index (κ3) is 4.79. The number of benzene rings is 2. The summed E-state index contributed by atoms with van der Waals surface area (Å²) in [6.45, 7) is -0.182. The standard InChI is InChI=1S/C20H19NO7/c1-25-19(23)14-8-6-13(7-9-14)10-21-18(22)12-27-20(24)17-11-26-15-4-2-3-5-16(15)28-17/h2-9,17H,10-12H2,1H3,(H,21,22)/t17-/m0/s1. The van der Waals surface area contributed by atoms with Crippen molar-refractivity contribution in [3.63, 3.8) is 0 Å². The minimum Gasteiger partial charge on any atom is -0.485 e. The first kappa shape index (κ1) is 19.2. The molecule has 8 nitrogen and oxygen atoms in total. The quantitative estimate of drug-likeness (QED) is 0.752. The summed E-state index contributed by atoms with van der Waals surface area (Å²) in [4.78, 5) is 35.3. The third-order valence-electron chi connectivity index (χ3n) is 3.98. The van der Waals surface area contributed by atoms with Gasteiger partial charge in [-0.25, -0.2) is 9.59 Å². The van der Waals surface area contributed by atoms with Crippen LogP contribution in [0.25, 0.3) is 0 Å². The Morgan fingerprint density at radius 3 is 2.50 bits per heavy atom. The fraction of sp³-hybridized carbons (Fsp3) is 0.250. The first-order valence-corrected chi connectivity index (χ1v) is 8.56. The summed E-state index contributed by atoms with van der Waals surface area (Å²) in [5, 5.41) is 2.63. The molecule has 2 aromatic rings. The Morgan fingerprint density at radius 2 is 1.79 bits per heavy atom. The van der Waals surface area contributed by atoms with Crippen molar-refractivity contribution in [1.29, 1.82) is 0 Å². The highest BCUT2D eigenvalue weighted by molar-refractivity contribution is 5.89. The molecule has 0 aromatic heterocycles. The van der Waals surface area contributed by atoms with Crippen molar-refractivity contribution in [1.82, 2.24) is 5.32 Å². The van der Waals surface area contributed by atoms with E-state index in [0.29, 0.717) is 17.1 Å². The summed E-state index contributed by atoms with van der Waals surface area (Å²) in [5.41, 5.74) is 1.20. The van der Waals surface area contributed by atoms with Gasteiger partial charge in [0.1, 0.15) is 6.61 Å². The van der Waals surface area contributed by atoms with Crippen LogP contribution in [0, 0.1) is 0 Å². The van der Waals surface area contributed by atoms with E-state index in [4.69, 9.17) is 14.2 Å². The van der Waals surface area contributed by atoms with E-state index in [9.17, 15) is 14.4 Å². The Bertz CT molecular complexity index is 863. The number of carbonyl (C=O) groups is 3. The van der Waals surface area contributed by atoms with E-state index < -0.39 is 30.6 Å². The molecule has 0 unspecified atom stereocenters. The van der Waals surface area contributed by atoms with Crippen LogP contribution in [0.5, 0.6) is 11.5 Å². The highest BCUT2D eigenvalue weighted by Crippen LogP contribution is 2.31. The third-order valence-corrected chi connectivity index (χ3v) is 3.98. The number of nitrogens with one attached hydrogen (secondary N) is 1. The number of rotatable bonds is 6. The van der Waals surface area contributed by atoms with Gasteiger partial charge in [-0.3, -0.25) is 4.79 Å². The highest BCUT2D eigenvalue weighted by atomic mass is 16.6. The van der Waals surface area contributed by atoms with Crippen molar-refractivity contribution in [3.8, 4) is 11.5 Å². The number of esters is 2. The zero-order chi connectivity index (χ0) is 19.9. The molecule has 0 saturated heterocycles. The van der Waals surface area contributed by atoms with Gasteiger partial charge in [-0.15, -0.1) is 0 Å². The van der Waals surface area contributed by atoms with E-state index in [1.54, 1.807) is 48.5 Å². The maximum absolute atomic E-state index is 12.1. The maximum Gasteiger partial charge on any atom is 0.351 e. The van der Waals surface area contributed by atoms with Gasteiger partial charge < -0.3 is 24.3 Å². The van der Waals surface area contributed by atoms with E-state index in [-0.39, 0.29) is 13.2 Å². The van der Waals surface area contributed by atoms with E-state index >= 15 is 0 Å². The van der Waals surface area contributed by atoms with Crippen molar-refractivity contribution in [2.24, 2.45) is 0 Å². The van der Waals surface area contributed by atoms with Crippen LogP contribution in [0.3, 0.4) is 0 Å². The minimum absolute atomic E-state index is 0.0179. The van der Waals surface area contributed by atoms with Gasteiger partial charge in [-0.2, -0.15) is 0 Å². The van der Waals surface area contributed by atoms with Crippen LogP contribution in [-0.2, 0) is 25.6 Å². The number of ether oxygens (including phenoxy) is 4. The molecule has 0 saturated carbocycles. The average Bonchev–Trinajstić information content (AvgIpc) is 2.75. The number of fused-ring (bicyclic) bond motifs is 1. The number of carbonyl (C=O) groups excluding carboxylic acids is 3. The fourth-order valence-electron chi connectivity index (χ4n) is 2.49. The molecule has 0 bridgehead atoms. The van der Waals surface area contributed by atoms with Gasteiger partial charge in [0.2, 0.25) is 6.10 Å². The second kappa shape index (κ2) is 8.90. The number of hydrogen-bond donors (Lipinski definition) is 1. The number of para-hydroxylation sites is 2. The molecule has 146 valence electrons. The molecular formula is C20H19NO7. The van der Waals surface area contributed by atoms with Crippen LogP contribution in [-0.4, -0.2) is 44.3 Å². The molecule has 0 fully saturated rings. The Balaban J connectivity index is 1.42. The molecule has 1 aliphatic rings. The van der Waals surface area contributed by atoms with Crippen LogP contribution in [0.2, 0.25) is 0 Å². The molecular weight excluding hydrogens is 366 g/mol. The maximum atomic E-state index is 12.1. The molecule has 1 aliphatic heterocycles. The van der Waals surface area contributed by atoms with E-state index in [1.807, 2.05) is 0 Å². The molecule has 0 spiro atoms. The molecule has 8 heteroatoms. The SMILES string of the molecule is COC(=O)c1ccc(CNC(=O)COC(=O)[C@@H]2COc3ccccc3O2)cc1. The monoisotopic (exact) mass is 385 g/mol. The highest BCUT2D eigenvalue weighted by Gasteiger charge is 2.29. The lowest BCUT2D eigenvalue weighted by molar-refractivity contribution is -0.157. The zero-order valence-corrected chi connectivity index (χ0v) is 15.2. The predicted octanol–water partition coefficient (Wildman–Crippen LogP) is 1.47. The average molecular weight is 385 g/mol. The van der Waals surface area contributed by atoms with Crippen LogP contribution >= 0.6 is 0 Å². The van der Waals surface area contributed by atoms with Gasteiger partial charge >= 0.3 is 11.9 Å². The Morgan fingerprint density at radius 1 is 1.07 bits per heavy atom. The van der Waals surface area contributed by atoms with Crippen LogP contribution in [0.15, 0.2) is 48.5 Å². The predicted molar refractivity (Wildman–Crippen MR) is 96.9 cm³/mol. The van der Waals surface area contributed by atoms with E-state index in [2.05, 4.69) is 10.1 Å². The van der Waals surface area contributed by atoms with Gasteiger partial charge in [-0.05, 0) is 29.8 Å². The molecule has 1 N–H and O–H groups in total. The Hall–Kier alpha value is -3.55. The lowest BCUT2D eigenvalue weighted by Gasteiger charge is -2.24. The smallest absolute Gasteiger partial charge is 0.351 e.